The van der Waals surface area contributed by atoms with Crippen LogP contribution in [0.1, 0.15) is 66.2 Å². The highest BCUT2D eigenvalue weighted by Crippen LogP contribution is 2.46. The quantitative estimate of drug-likeness (QED) is 0.792. The van der Waals surface area contributed by atoms with Gasteiger partial charge in [-0.25, -0.2) is 4.98 Å². The molecule has 2 aliphatic carbocycles. The second kappa shape index (κ2) is 4.44. The average molecular weight is 274 g/mol. The lowest BCUT2D eigenvalue weighted by molar-refractivity contribution is 0.0882. The van der Waals surface area contributed by atoms with E-state index in [1.807, 2.05) is 16.9 Å². The molecule has 0 radical (unpaired) electrons. The Morgan fingerprint density at radius 2 is 2.00 bits per heavy atom. The number of carbonyl (C=O) groups excluding carboxylic acids is 1. The van der Waals surface area contributed by atoms with Crippen LogP contribution in [0, 0.1) is 5.92 Å². The topological polar surface area (TPSA) is 34.4 Å². The van der Waals surface area contributed by atoms with Crippen LogP contribution in [0.15, 0.2) is 12.5 Å². The number of fused-ring (bicyclic) bond motifs is 1. The Morgan fingerprint density at radius 1 is 1.21 bits per heavy atom. The van der Waals surface area contributed by atoms with E-state index >= 15 is 0 Å². The second-order valence-corrected chi connectivity index (χ2v) is 6.95. The molecule has 0 aromatic carbocycles. The molecule has 0 N–H and O–H groups in total. The number of aromatic nitrogens is 2. The Balaban J connectivity index is 1.77. The van der Waals surface area contributed by atoms with E-state index in [-0.39, 0.29) is 5.92 Å². The minimum absolute atomic E-state index is 0.256. The first kappa shape index (κ1) is 11.6. The molecule has 0 unspecified atom stereocenters. The molecule has 0 saturated heterocycles. The van der Waals surface area contributed by atoms with Gasteiger partial charge in [-0.3, -0.25) is 9.20 Å². The molecular formula is C15H18N2OS. The third-order valence-electron chi connectivity index (χ3n) is 4.45. The first-order valence-corrected chi connectivity index (χ1v) is 8.15. The molecule has 0 spiro atoms. The van der Waals surface area contributed by atoms with Crippen LogP contribution < -0.4 is 0 Å². The molecule has 0 atom stereocenters. The van der Waals surface area contributed by atoms with Crippen molar-refractivity contribution in [2.24, 2.45) is 5.92 Å². The van der Waals surface area contributed by atoms with Gasteiger partial charge in [0, 0.05) is 10.8 Å². The zero-order valence-corrected chi connectivity index (χ0v) is 11.8. The molecule has 0 bridgehead atoms. The van der Waals surface area contributed by atoms with Gasteiger partial charge in [-0.2, -0.15) is 0 Å². The van der Waals surface area contributed by atoms with Crippen molar-refractivity contribution in [3.8, 4) is 0 Å². The first-order chi connectivity index (χ1) is 9.34. The number of Topliss-reactive ketones (excluding diaryl/α,β-unsaturated/α-hetero) is 1. The maximum absolute atomic E-state index is 12.9. The molecule has 2 aromatic rings. The number of ketones is 1. The molecule has 3 nitrogen and oxygen atoms in total. The van der Waals surface area contributed by atoms with Crippen LogP contribution in [0.3, 0.4) is 0 Å². The zero-order valence-electron chi connectivity index (χ0n) is 11.0. The van der Waals surface area contributed by atoms with E-state index in [1.165, 1.54) is 37.0 Å². The summed E-state index contributed by atoms with van der Waals surface area (Å²) in [5.74, 6) is 1.28. The van der Waals surface area contributed by atoms with Gasteiger partial charge in [-0.1, -0.05) is 19.3 Å². The van der Waals surface area contributed by atoms with Crippen molar-refractivity contribution in [3.05, 3.63) is 23.1 Å². The summed E-state index contributed by atoms with van der Waals surface area (Å²) in [6.07, 6.45) is 12.1. The third kappa shape index (κ3) is 1.93. The van der Waals surface area contributed by atoms with Gasteiger partial charge in [-0.15, -0.1) is 11.3 Å². The van der Waals surface area contributed by atoms with Crippen molar-refractivity contribution in [2.45, 2.75) is 50.9 Å². The van der Waals surface area contributed by atoms with Gasteiger partial charge in [0.2, 0.25) is 0 Å². The van der Waals surface area contributed by atoms with Gasteiger partial charge < -0.3 is 0 Å². The second-order valence-electron chi connectivity index (χ2n) is 5.89. The van der Waals surface area contributed by atoms with Gasteiger partial charge in [0.25, 0.3) is 0 Å². The van der Waals surface area contributed by atoms with Crippen molar-refractivity contribution in [1.82, 2.24) is 9.38 Å². The van der Waals surface area contributed by atoms with Crippen LogP contribution in [0.2, 0.25) is 0 Å². The lowest BCUT2D eigenvalue weighted by Crippen LogP contribution is -2.20. The fraction of sp³-hybridized carbons (Fsp3) is 0.600. The fourth-order valence-electron chi connectivity index (χ4n) is 3.23. The highest BCUT2D eigenvalue weighted by Gasteiger charge is 2.34. The number of imidazole rings is 1. The molecule has 2 heterocycles. The number of hydrogen-bond acceptors (Lipinski definition) is 3. The van der Waals surface area contributed by atoms with Crippen molar-refractivity contribution < 1.29 is 4.79 Å². The van der Waals surface area contributed by atoms with E-state index in [4.69, 9.17) is 0 Å². The van der Waals surface area contributed by atoms with Crippen molar-refractivity contribution >= 4 is 22.0 Å². The van der Waals surface area contributed by atoms with E-state index < -0.39 is 0 Å². The number of nitrogens with zero attached hydrogens (tertiary/aromatic N) is 2. The van der Waals surface area contributed by atoms with E-state index in [9.17, 15) is 4.79 Å². The summed E-state index contributed by atoms with van der Waals surface area (Å²) in [7, 11) is 0. The van der Waals surface area contributed by atoms with Crippen molar-refractivity contribution in [1.29, 1.82) is 0 Å². The van der Waals surface area contributed by atoms with E-state index in [2.05, 4.69) is 4.98 Å². The maximum atomic E-state index is 12.9. The largest absolute Gasteiger partial charge is 0.292 e. The van der Waals surface area contributed by atoms with Crippen LogP contribution in [-0.2, 0) is 0 Å². The average Bonchev–Trinajstić information content (AvgIpc) is 3.08. The summed E-state index contributed by atoms with van der Waals surface area (Å²) in [5, 5.41) is 0. The minimum Gasteiger partial charge on any atom is -0.292 e. The predicted molar refractivity (Wildman–Crippen MR) is 75.9 cm³/mol. The van der Waals surface area contributed by atoms with E-state index in [1.54, 1.807) is 11.3 Å². The Morgan fingerprint density at radius 3 is 2.74 bits per heavy atom. The summed E-state index contributed by atoms with van der Waals surface area (Å²) in [6, 6.07) is 0. The number of rotatable bonds is 3. The van der Waals surface area contributed by atoms with Gasteiger partial charge in [-0.05, 0) is 31.6 Å². The molecule has 4 rings (SSSR count). The van der Waals surface area contributed by atoms with Crippen LogP contribution >= 0.6 is 11.3 Å². The highest BCUT2D eigenvalue weighted by atomic mass is 32.1. The minimum atomic E-state index is 0.256. The lowest BCUT2D eigenvalue weighted by atomic mass is 9.85. The molecule has 2 saturated carbocycles. The van der Waals surface area contributed by atoms with E-state index in [0.29, 0.717) is 11.7 Å². The summed E-state index contributed by atoms with van der Waals surface area (Å²) in [5.41, 5.74) is 0.965. The van der Waals surface area contributed by atoms with Crippen molar-refractivity contribution in [3.63, 3.8) is 0 Å². The smallest absolute Gasteiger partial charge is 0.183 e. The zero-order chi connectivity index (χ0) is 12.8. The number of carbonyl (C=O) groups is 1. The van der Waals surface area contributed by atoms with E-state index in [0.717, 1.165) is 23.4 Å². The third-order valence-corrected chi connectivity index (χ3v) is 5.71. The molecule has 19 heavy (non-hydrogen) atoms. The molecule has 2 aliphatic rings. The Labute approximate surface area is 116 Å². The molecule has 2 fully saturated rings. The van der Waals surface area contributed by atoms with Gasteiger partial charge in [0.15, 0.2) is 5.78 Å². The predicted octanol–water partition coefficient (Wildman–Crippen LogP) is 4.04. The van der Waals surface area contributed by atoms with Crippen molar-refractivity contribution in [2.75, 3.05) is 0 Å². The molecule has 100 valence electrons. The summed E-state index contributed by atoms with van der Waals surface area (Å²) < 4.78 is 2.04. The summed E-state index contributed by atoms with van der Waals surface area (Å²) >= 11 is 1.77. The fourth-order valence-corrected chi connectivity index (χ4v) is 4.50. The molecule has 4 heteroatoms. The van der Waals surface area contributed by atoms with Gasteiger partial charge in [0.05, 0.1) is 6.20 Å². The van der Waals surface area contributed by atoms with Gasteiger partial charge in [0.1, 0.15) is 16.9 Å². The molecule has 0 aliphatic heterocycles. The summed E-state index contributed by atoms with van der Waals surface area (Å²) in [6.45, 7) is 0. The highest BCUT2D eigenvalue weighted by molar-refractivity contribution is 7.17. The van der Waals surface area contributed by atoms with Crippen LogP contribution in [0.25, 0.3) is 4.83 Å². The SMILES string of the molecule is O=C(c1c(C2CC2)sc2cncn12)C1CCCCC1. The van der Waals surface area contributed by atoms with Gasteiger partial charge >= 0.3 is 0 Å². The normalized spacial score (nSPS) is 21.1. The number of hydrogen-bond donors (Lipinski definition) is 0. The Hall–Kier alpha value is -1.16. The molecule has 2 aromatic heterocycles. The standard InChI is InChI=1S/C15H18N2OS/c18-14(10-4-2-1-3-5-10)13-15(11-6-7-11)19-12-8-16-9-17(12)13/h8-11H,1-7H2. The Kier molecular flexibility index (Phi) is 2.72. The van der Waals surface area contributed by atoms with Crippen LogP contribution in [0.4, 0.5) is 0 Å². The molecule has 0 amide bonds. The number of thiazole rings is 1. The monoisotopic (exact) mass is 274 g/mol. The first-order valence-electron chi connectivity index (χ1n) is 7.33. The summed E-state index contributed by atoms with van der Waals surface area (Å²) in [4.78, 5) is 19.5. The van der Waals surface area contributed by atoms with Crippen LogP contribution in [-0.4, -0.2) is 15.2 Å². The Bertz CT molecular complexity index is 617. The van der Waals surface area contributed by atoms with Crippen LogP contribution in [0.5, 0.6) is 0 Å². The lowest BCUT2D eigenvalue weighted by Gasteiger charge is -2.20. The molecular weight excluding hydrogens is 256 g/mol. The maximum Gasteiger partial charge on any atom is 0.183 e.